The molecule has 0 aliphatic carbocycles. The van der Waals surface area contributed by atoms with Crippen LogP contribution in [0.4, 0.5) is 11.4 Å². The molecule has 2 aromatic carbocycles. The summed E-state index contributed by atoms with van der Waals surface area (Å²) in [5, 5.41) is 3.54. The van der Waals surface area contributed by atoms with Gasteiger partial charge in [0.2, 0.25) is 10.8 Å². The second kappa shape index (κ2) is 5.78. The van der Waals surface area contributed by atoms with Gasteiger partial charge in [0.05, 0.1) is 5.69 Å². The van der Waals surface area contributed by atoms with E-state index >= 15 is 0 Å². The molecule has 1 atom stereocenters. The summed E-state index contributed by atoms with van der Waals surface area (Å²) in [5.74, 6) is 0.368. The number of fused-ring (bicyclic) bond motifs is 2. The molecule has 1 fully saturated rings. The Morgan fingerprint density at radius 3 is 2.76 bits per heavy atom. The second-order valence-corrected chi connectivity index (χ2v) is 8.13. The van der Waals surface area contributed by atoms with Gasteiger partial charge in [-0.3, -0.25) is 14.5 Å². The molecule has 0 aromatic heterocycles. The fraction of sp³-hybridized carbons (Fsp3) is 0.263. The second-order valence-electron chi connectivity index (χ2n) is 6.41. The molecule has 2 amide bonds. The lowest BCUT2D eigenvalue weighted by molar-refractivity contribution is -0.124. The number of nitrogens with zero attached hydrogens (tertiary/aromatic N) is 1. The van der Waals surface area contributed by atoms with Gasteiger partial charge in [0, 0.05) is 28.4 Å². The van der Waals surface area contributed by atoms with E-state index in [1.807, 2.05) is 32.0 Å². The minimum Gasteiger partial charge on any atom is -0.322 e. The number of benzene rings is 2. The molecule has 2 aliphatic heterocycles. The molecular weight excluding hydrogens is 356 g/mol. The van der Waals surface area contributed by atoms with Gasteiger partial charge < -0.3 is 5.32 Å². The largest absolute Gasteiger partial charge is 0.322 e. The molecular formula is C19H17ClN2O2S. The monoisotopic (exact) mass is 372 g/mol. The molecule has 2 heterocycles. The number of anilines is 2. The fourth-order valence-corrected chi connectivity index (χ4v) is 5.26. The Labute approximate surface area is 155 Å². The molecule has 4 rings (SSSR count). The van der Waals surface area contributed by atoms with Crippen LogP contribution in [0, 0.1) is 13.8 Å². The van der Waals surface area contributed by atoms with Crippen molar-refractivity contribution in [3.63, 3.8) is 0 Å². The van der Waals surface area contributed by atoms with Crippen LogP contribution in [0.1, 0.15) is 23.1 Å². The van der Waals surface area contributed by atoms with Crippen LogP contribution < -0.4 is 10.2 Å². The molecule has 2 aliphatic rings. The van der Waals surface area contributed by atoms with Gasteiger partial charge in [0.15, 0.2) is 0 Å². The molecule has 2 aromatic rings. The van der Waals surface area contributed by atoms with Crippen LogP contribution in [0.2, 0.25) is 5.02 Å². The van der Waals surface area contributed by atoms with E-state index in [4.69, 9.17) is 11.6 Å². The van der Waals surface area contributed by atoms with Crippen LogP contribution >= 0.6 is 23.4 Å². The summed E-state index contributed by atoms with van der Waals surface area (Å²) in [5.41, 5.74) is 4.38. The zero-order valence-electron chi connectivity index (χ0n) is 13.9. The first-order valence-electron chi connectivity index (χ1n) is 8.09. The van der Waals surface area contributed by atoms with Gasteiger partial charge in [-0.1, -0.05) is 35.4 Å². The molecule has 1 unspecified atom stereocenters. The number of thioether (sulfide) groups is 1. The van der Waals surface area contributed by atoms with Crippen molar-refractivity contribution in [2.45, 2.75) is 25.1 Å². The predicted molar refractivity (Wildman–Crippen MR) is 102 cm³/mol. The van der Waals surface area contributed by atoms with Crippen LogP contribution in [-0.2, 0) is 14.5 Å². The third-order valence-electron chi connectivity index (χ3n) is 4.65. The highest BCUT2D eigenvalue weighted by molar-refractivity contribution is 8.01. The Bertz CT molecular complexity index is 914. The van der Waals surface area contributed by atoms with E-state index in [1.165, 1.54) is 11.8 Å². The van der Waals surface area contributed by atoms with E-state index in [0.29, 0.717) is 22.9 Å². The summed E-state index contributed by atoms with van der Waals surface area (Å²) in [6.07, 6.45) is 0.395. The number of amides is 2. The summed E-state index contributed by atoms with van der Waals surface area (Å²) in [4.78, 5) is 26.5. The average Bonchev–Trinajstić information content (AvgIpc) is 2.81. The van der Waals surface area contributed by atoms with Crippen LogP contribution in [0.3, 0.4) is 0 Å². The van der Waals surface area contributed by atoms with Gasteiger partial charge in [-0.2, -0.15) is 0 Å². The number of hydrogen-bond acceptors (Lipinski definition) is 3. The van der Waals surface area contributed by atoms with E-state index in [0.717, 1.165) is 22.4 Å². The van der Waals surface area contributed by atoms with Crippen molar-refractivity contribution in [1.82, 2.24) is 0 Å². The molecule has 0 bridgehead atoms. The lowest BCUT2D eigenvalue weighted by atomic mass is 9.99. The quantitative estimate of drug-likeness (QED) is 0.814. The lowest BCUT2D eigenvalue weighted by Gasteiger charge is -2.42. The summed E-state index contributed by atoms with van der Waals surface area (Å²) in [6, 6.07) is 11.2. The summed E-state index contributed by atoms with van der Waals surface area (Å²) < 4.78 is 0. The van der Waals surface area contributed by atoms with Crippen molar-refractivity contribution in [2.24, 2.45) is 0 Å². The number of nitrogens with one attached hydrogen (secondary N) is 1. The Hall–Kier alpha value is -1.98. The molecule has 6 heteroatoms. The number of carbonyl (C=O) groups is 2. The van der Waals surface area contributed by atoms with Crippen molar-refractivity contribution in [3.8, 4) is 0 Å². The molecule has 128 valence electrons. The van der Waals surface area contributed by atoms with Crippen LogP contribution in [0.5, 0.6) is 0 Å². The van der Waals surface area contributed by atoms with Crippen LogP contribution in [0.15, 0.2) is 36.4 Å². The Morgan fingerprint density at radius 2 is 2.00 bits per heavy atom. The zero-order chi connectivity index (χ0) is 17.8. The Kier molecular flexibility index (Phi) is 3.81. The topological polar surface area (TPSA) is 49.4 Å². The molecule has 25 heavy (non-hydrogen) atoms. The first-order chi connectivity index (χ1) is 11.9. The van der Waals surface area contributed by atoms with Gasteiger partial charge in [-0.05, 0) is 37.6 Å². The van der Waals surface area contributed by atoms with Crippen molar-refractivity contribution in [1.29, 1.82) is 0 Å². The molecule has 1 N–H and O–H groups in total. The van der Waals surface area contributed by atoms with E-state index in [1.54, 1.807) is 23.1 Å². The third-order valence-corrected chi connectivity index (χ3v) is 6.30. The zero-order valence-corrected chi connectivity index (χ0v) is 15.5. The molecule has 0 radical (unpaired) electrons. The number of halogens is 1. The van der Waals surface area contributed by atoms with E-state index in [-0.39, 0.29) is 11.8 Å². The van der Waals surface area contributed by atoms with Gasteiger partial charge in [0.1, 0.15) is 0 Å². The van der Waals surface area contributed by atoms with E-state index in [2.05, 4.69) is 5.32 Å². The smallest absolute Gasteiger partial charge is 0.266 e. The minimum absolute atomic E-state index is 0.0665. The third kappa shape index (κ3) is 2.37. The van der Waals surface area contributed by atoms with E-state index < -0.39 is 4.87 Å². The summed E-state index contributed by atoms with van der Waals surface area (Å²) in [6.45, 7) is 3.98. The first-order valence-corrected chi connectivity index (χ1v) is 9.45. The average molecular weight is 373 g/mol. The van der Waals surface area contributed by atoms with E-state index in [9.17, 15) is 9.59 Å². The molecule has 0 saturated carbocycles. The van der Waals surface area contributed by atoms with Gasteiger partial charge in [-0.15, -0.1) is 11.8 Å². The molecule has 1 saturated heterocycles. The maximum atomic E-state index is 13.1. The standard InChI is InChI=1S/C19H17ClN2O2S/c1-11-8-12(2)17-15(9-11)19(18(24)21-17)22(16(23)6-7-25-19)14-5-3-4-13(20)10-14/h3-5,8-10H,6-7H2,1-2H3,(H,21,24). The Morgan fingerprint density at radius 1 is 1.20 bits per heavy atom. The highest BCUT2D eigenvalue weighted by Crippen LogP contribution is 2.53. The van der Waals surface area contributed by atoms with Gasteiger partial charge in [0.25, 0.3) is 5.91 Å². The van der Waals surface area contributed by atoms with Crippen molar-refractivity contribution in [2.75, 3.05) is 16.0 Å². The predicted octanol–water partition coefficient (Wildman–Crippen LogP) is 4.23. The highest BCUT2D eigenvalue weighted by Gasteiger charge is 2.56. The van der Waals surface area contributed by atoms with Crippen molar-refractivity contribution < 1.29 is 9.59 Å². The number of carbonyl (C=O) groups excluding carboxylic acids is 2. The van der Waals surface area contributed by atoms with Crippen molar-refractivity contribution >= 4 is 46.6 Å². The highest BCUT2D eigenvalue weighted by atomic mass is 35.5. The van der Waals surface area contributed by atoms with Crippen LogP contribution in [-0.4, -0.2) is 17.6 Å². The fourth-order valence-electron chi connectivity index (χ4n) is 3.67. The van der Waals surface area contributed by atoms with Gasteiger partial charge in [-0.25, -0.2) is 0 Å². The maximum absolute atomic E-state index is 13.1. The SMILES string of the molecule is Cc1cc(C)c2c(c1)C1(SCCC(=O)N1c1cccc(Cl)c1)C(=O)N2. The number of hydrogen-bond donors (Lipinski definition) is 1. The Balaban J connectivity index is 1.98. The summed E-state index contributed by atoms with van der Waals surface area (Å²) in [7, 11) is 0. The molecule has 4 nitrogen and oxygen atoms in total. The maximum Gasteiger partial charge on any atom is 0.266 e. The lowest BCUT2D eigenvalue weighted by Crippen LogP contribution is -2.54. The first kappa shape index (κ1) is 16.5. The number of aryl methyl sites for hydroxylation is 2. The minimum atomic E-state index is -1.08. The molecule has 1 spiro atoms. The summed E-state index contributed by atoms with van der Waals surface area (Å²) >= 11 is 7.65. The normalized spacial score (nSPS) is 22.3. The van der Waals surface area contributed by atoms with Gasteiger partial charge >= 0.3 is 0 Å². The van der Waals surface area contributed by atoms with Crippen LogP contribution in [0.25, 0.3) is 0 Å². The number of rotatable bonds is 1. The van der Waals surface area contributed by atoms with Crippen molar-refractivity contribution in [3.05, 3.63) is 58.1 Å².